The lowest BCUT2D eigenvalue weighted by Crippen LogP contribution is -2.28. The van der Waals surface area contributed by atoms with Crippen molar-refractivity contribution in [2.24, 2.45) is 0 Å². The third-order valence-electron chi connectivity index (χ3n) is 6.54. The maximum absolute atomic E-state index is 13.1. The molecule has 0 bridgehead atoms. The first-order chi connectivity index (χ1) is 15.2. The molecule has 1 aliphatic rings. The molecule has 0 radical (unpaired) electrons. The monoisotopic (exact) mass is 434 g/mol. The van der Waals surface area contributed by atoms with Gasteiger partial charge in [0.2, 0.25) is 6.29 Å². The summed E-state index contributed by atoms with van der Waals surface area (Å²) in [5.74, 6) is -0.989. The van der Waals surface area contributed by atoms with E-state index in [4.69, 9.17) is 18.3 Å². The third-order valence-corrected chi connectivity index (χ3v) is 6.54. The molecule has 0 aliphatic carbocycles. The molecule has 0 amide bonds. The van der Waals surface area contributed by atoms with Gasteiger partial charge in [-0.05, 0) is 62.1 Å². The van der Waals surface area contributed by atoms with Gasteiger partial charge in [-0.15, -0.1) is 0 Å². The summed E-state index contributed by atoms with van der Waals surface area (Å²) in [4.78, 5) is 26.2. The summed E-state index contributed by atoms with van der Waals surface area (Å²) >= 11 is 0. The highest BCUT2D eigenvalue weighted by molar-refractivity contribution is 5.90. The summed E-state index contributed by atoms with van der Waals surface area (Å²) in [6.07, 6.45) is -1.02. The minimum atomic E-state index is -1.02. The van der Waals surface area contributed by atoms with E-state index in [-0.39, 0.29) is 22.6 Å². The molecule has 2 aromatic heterocycles. The van der Waals surface area contributed by atoms with Crippen molar-refractivity contribution in [3.63, 3.8) is 0 Å². The van der Waals surface area contributed by atoms with E-state index in [1.54, 1.807) is 6.07 Å². The van der Waals surface area contributed by atoms with Gasteiger partial charge < -0.3 is 23.4 Å². The maximum atomic E-state index is 13.1. The summed E-state index contributed by atoms with van der Waals surface area (Å²) in [5, 5.41) is 12.1. The molecular formula is C25H22O7. The first kappa shape index (κ1) is 20.3. The second-order valence-corrected chi connectivity index (χ2v) is 8.25. The van der Waals surface area contributed by atoms with Crippen molar-refractivity contribution in [1.29, 1.82) is 0 Å². The van der Waals surface area contributed by atoms with Gasteiger partial charge in [-0.1, -0.05) is 12.1 Å². The predicted molar refractivity (Wildman–Crippen MR) is 119 cm³/mol. The lowest BCUT2D eigenvalue weighted by atomic mass is 9.91. The molecule has 7 nitrogen and oxygen atoms in total. The molecular weight excluding hydrogens is 412 g/mol. The van der Waals surface area contributed by atoms with Crippen molar-refractivity contribution in [1.82, 2.24) is 0 Å². The van der Waals surface area contributed by atoms with Gasteiger partial charge in [0.15, 0.2) is 0 Å². The molecule has 164 valence electrons. The molecule has 3 heterocycles. The van der Waals surface area contributed by atoms with Gasteiger partial charge in [0.25, 0.3) is 0 Å². The zero-order chi connectivity index (χ0) is 22.9. The molecule has 2 aromatic carbocycles. The number of methoxy groups -OCH3 is 1. The molecule has 2 unspecified atom stereocenters. The van der Waals surface area contributed by atoms with E-state index in [1.165, 1.54) is 7.11 Å². The number of benzene rings is 2. The standard InChI is InChI=1S/C25H22O7/c1-10-6-8-14-19(26)17(23(27)30-20(14)12(10)3)16-18-22(32-25(16)29-5)15-9-7-11(2)13(4)21(15)31-24(18)28/h6-9,16,25-26H,1-5H3. The van der Waals surface area contributed by atoms with Gasteiger partial charge in [0.05, 0.1) is 27.8 Å². The van der Waals surface area contributed by atoms with Crippen LogP contribution in [-0.4, -0.2) is 18.5 Å². The minimum Gasteiger partial charge on any atom is -0.507 e. The molecule has 2 atom stereocenters. The summed E-state index contributed by atoms with van der Waals surface area (Å²) in [6, 6.07) is 7.24. The SMILES string of the molecule is COC1Oc2c(c(=O)oc3c(C)c(C)ccc23)C1c1c(O)c2ccc(C)c(C)c2oc1=O. The Kier molecular flexibility index (Phi) is 4.43. The zero-order valence-corrected chi connectivity index (χ0v) is 18.4. The average Bonchev–Trinajstić information content (AvgIpc) is 3.14. The van der Waals surface area contributed by atoms with Crippen LogP contribution in [0, 0.1) is 27.7 Å². The molecule has 0 saturated heterocycles. The molecule has 4 aromatic rings. The molecule has 0 saturated carbocycles. The smallest absolute Gasteiger partial charge is 0.344 e. The fraction of sp³-hybridized carbons (Fsp3) is 0.280. The van der Waals surface area contributed by atoms with Crippen molar-refractivity contribution in [3.8, 4) is 11.5 Å². The highest BCUT2D eigenvalue weighted by Crippen LogP contribution is 2.47. The summed E-state index contributed by atoms with van der Waals surface area (Å²) in [5.41, 5.74) is 2.82. The molecule has 0 spiro atoms. The number of rotatable bonds is 2. The second-order valence-electron chi connectivity index (χ2n) is 8.25. The predicted octanol–water partition coefficient (Wildman–Crippen LogP) is 4.34. The largest absolute Gasteiger partial charge is 0.507 e. The number of aromatic hydroxyl groups is 1. The Balaban J connectivity index is 1.85. The van der Waals surface area contributed by atoms with E-state index in [0.29, 0.717) is 21.9 Å². The number of aryl methyl sites for hydroxylation is 4. The normalized spacial score (nSPS) is 17.7. The Bertz CT molecular complexity index is 1540. The van der Waals surface area contributed by atoms with E-state index < -0.39 is 23.5 Å². The fourth-order valence-electron chi connectivity index (χ4n) is 4.44. The average molecular weight is 434 g/mol. The number of fused-ring (bicyclic) bond motifs is 4. The summed E-state index contributed by atoms with van der Waals surface area (Å²) < 4.78 is 22.8. The van der Waals surface area contributed by atoms with E-state index >= 15 is 0 Å². The molecule has 1 N–H and O–H groups in total. The Labute approximate surface area is 182 Å². The van der Waals surface area contributed by atoms with E-state index in [2.05, 4.69) is 0 Å². The molecule has 7 heteroatoms. The van der Waals surface area contributed by atoms with Crippen LogP contribution in [-0.2, 0) is 4.74 Å². The lowest BCUT2D eigenvalue weighted by molar-refractivity contribution is -0.0472. The van der Waals surface area contributed by atoms with E-state index in [9.17, 15) is 14.7 Å². The Hall–Kier alpha value is -3.58. The quantitative estimate of drug-likeness (QED) is 0.469. The molecule has 32 heavy (non-hydrogen) atoms. The van der Waals surface area contributed by atoms with Crippen LogP contribution in [0.3, 0.4) is 0 Å². The molecule has 5 rings (SSSR count). The van der Waals surface area contributed by atoms with Crippen LogP contribution < -0.4 is 16.0 Å². The Morgan fingerprint density at radius 3 is 1.94 bits per heavy atom. The van der Waals surface area contributed by atoms with Crippen LogP contribution in [0.15, 0.2) is 42.7 Å². The highest BCUT2D eigenvalue weighted by Gasteiger charge is 2.44. The maximum Gasteiger partial charge on any atom is 0.344 e. The van der Waals surface area contributed by atoms with Crippen molar-refractivity contribution >= 4 is 21.9 Å². The number of hydrogen-bond acceptors (Lipinski definition) is 7. The Morgan fingerprint density at radius 1 is 0.812 bits per heavy atom. The Morgan fingerprint density at radius 2 is 1.34 bits per heavy atom. The minimum absolute atomic E-state index is 0.0955. The van der Waals surface area contributed by atoms with Gasteiger partial charge in [0.1, 0.15) is 22.7 Å². The van der Waals surface area contributed by atoms with Crippen LogP contribution in [0.5, 0.6) is 11.5 Å². The van der Waals surface area contributed by atoms with Crippen LogP contribution in [0.2, 0.25) is 0 Å². The van der Waals surface area contributed by atoms with E-state index in [0.717, 1.165) is 22.3 Å². The number of hydrogen-bond donors (Lipinski definition) is 1. The van der Waals surface area contributed by atoms with Crippen molar-refractivity contribution in [2.45, 2.75) is 39.9 Å². The number of ether oxygens (including phenoxy) is 2. The summed E-state index contributed by atoms with van der Waals surface area (Å²) in [6.45, 7) is 7.49. The third kappa shape index (κ3) is 2.64. The zero-order valence-electron chi connectivity index (χ0n) is 18.4. The highest BCUT2D eigenvalue weighted by atomic mass is 16.7. The molecule has 0 fully saturated rings. The summed E-state index contributed by atoms with van der Waals surface area (Å²) in [7, 11) is 1.41. The van der Waals surface area contributed by atoms with Gasteiger partial charge in [-0.3, -0.25) is 0 Å². The van der Waals surface area contributed by atoms with Gasteiger partial charge in [-0.25, -0.2) is 9.59 Å². The van der Waals surface area contributed by atoms with Crippen LogP contribution in [0.25, 0.3) is 21.9 Å². The van der Waals surface area contributed by atoms with Crippen LogP contribution in [0.4, 0.5) is 0 Å². The van der Waals surface area contributed by atoms with Crippen LogP contribution in [0.1, 0.15) is 39.3 Å². The topological polar surface area (TPSA) is 99.1 Å². The van der Waals surface area contributed by atoms with Gasteiger partial charge >= 0.3 is 11.3 Å². The van der Waals surface area contributed by atoms with Gasteiger partial charge in [-0.2, -0.15) is 0 Å². The van der Waals surface area contributed by atoms with Crippen LogP contribution >= 0.6 is 0 Å². The van der Waals surface area contributed by atoms with Crippen molar-refractivity contribution in [3.05, 3.63) is 78.5 Å². The molecule has 1 aliphatic heterocycles. The lowest BCUT2D eigenvalue weighted by Gasteiger charge is -2.18. The van der Waals surface area contributed by atoms with E-state index in [1.807, 2.05) is 45.9 Å². The second kappa shape index (κ2) is 6.97. The first-order valence-corrected chi connectivity index (χ1v) is 10.3. The fourth-order valence-corrected chi connectivity index (χ4v) is 4.44. The van der Waals surface area contributed by atoms with Crippen molar-refractivity contribution < 1.29 is 23.4 Å². The first-order valence-electron chi connectivity index (χ1n) is 10.3. The van der Waals surface area contributed by atoms with Crippen molar-refractivity contribution in [2.75, 3.05) is 7.11 Å². The van der Waals surface area contributed by atoms with Gasteiger partial charge in [0, 0.05) is 7.11 Å².